The van der Waals surface area contributed by atoms with Gasteiger partial charge in [-0.05, 0) is 281 Å². The minimum Gasteiger partial charge on any atom is -0.308 e. The van der Waals surface area contributed by atoms with E-state index in [-0.39, 0.29) is 0 Å². The maximum Gasteiger partial charge on any atom is 0.188 e. The van der Waals surface area contributed by atoms with E-state index in [2.05, 4.69) is 391 Å². The first kappa shape index (κ1) is 66.6. The molecule has 19 aromatic carbocycles. The van der Waals surface area contributed by atoms with Gasteiger partial charge in [-0.15, -0.1) is 0 Å². The number of aryl methyl sites for hydroxylation is 3. The van der Waals surface area contributed by atoms with Crippen LogP contribution in [0.4, 0.5) is 5.69 Å². The van der Waals surface area contributed by atoms with Crippen LogP contribution in [-0.4, -0.2) is 13.2 Å². The van der Waals surface area contributed by atoms with Crippen LogP contribution >= 0.6 is 0 Å². The first-order chi connectivity index (χ1) is 57.2. The second kappa shape index (κ2) is 26.2. The van der Waals surface area contributed by atoms with Gasteiger partial charge in [0.05, 0.1) is 56.2 Å². The highest BCUT2D eigenvalue weighted by atomic mass is 14.9. The second-order valence-corrected chi connectivity index (χ2v) is 31.6. The predicted octanol–water partition coefficient (Wildman–Crippen LogP) is 31.1. The van der Waals surface area contributed by atoms with Crippen LogP contribution in [0.15, 0.2) is 382 Å². The Morgan fingerprint density at radius 3 is 0.759 bits per heavy atom. The summed E-state index contributed by atoms with van der Waals surface area (Å²) < 4.78 is 7.34. The molecule has 116 heavy (non-hydrogen) atoms. The number of hydrogen-bond donors (Lipinski definition) is 0. The molecular formula is C112H72N4. The molecule has 4 heteroatoms. The fraction of sp³-hybridized carbons (Fsp3) is 0.0268. The van der Waals surface area contributed by atoms with E-state index in [4.69, 9.17) is 6.57 Å². The third-order valence-corrected chi connectivity index (χ3v) is 24.6. The van der Waals surface area contributed by atoms with Crippen LogP contribution in [0.5, 0.6) is 0 Å². The summed E-state index contributed by atoms with van der Waals surface area (Å²) in [4.78, 5) is 3.77. The Labute approximate surface area is 669 Å². The molecule has 25 aromatic rings. The predicted molar refractivity (Wildman–Crippen MR) is 494 cm³/mol. The van der Waals surface area contributed by atoms with Crippen molar-refractivity contribution in [2.75, 3.05) is 0 Å². The highest BCUT2D eigenvalue weighted by Crippen LogP contribution is 2.47. The Bertz CT molecular complexity index is 8200. The van der Waals surface area contributed by atoms with Gasteiger partial charge >= 0.3 is 0 Å². The molecule has 0 spiro atoms. The normalized spacial score (nSPS) is 11.9. The molecule has 25 rings (SSSR count). The van der Waals surface area contributed by atoms with E-state index in [0.29, 0.717) is 5.69 Å². The lowest BCUT2D eigenvalue weighted by atomic mass is 9.91. The number of rotatable bonds is 7. The molecule has 0 saturated heterocycles. The SMILES string of the molecule is Cc1cc2c3cc(-c4ccccc4)ccc3n3c4ccc(-c5ccccc5)cc4c(c1)c23.Cc1cc2c3ccccc3n3c4ccc(-c5cccc(-c6ccc7c8ccccc8c8ccccc8c7c6)c5)cc4c(c1)c23.[C-]#[N+]c1cc(-c2ccccc2)cc(-c2cccc(-c3ccc4c(c3)c3cc(C)cc5c6ccccc6n4c53)c2)c1. The number of benzene rings is 19. The average Bonchev–Trinajstić information content (AvgIpc) is 1.55. The number of aromatic nitrogens is 3. The van der Waals surface area contributed by atoms with E-state index >= 15 is 0 Å². The fourth-order valence-corrected chi connectivity index (χ4v) is 19.4. The lowest BCUT2D eigenvalue weighted by Gasteiger charge is -2.12. The zero-order valence-electron chi connectivity index (χ0n) is 64.2. The van der Waals surface area contributed by atoms with Crippen molar-refractivity contribution < 1.29 is 0 Å². The van der Waals surface area contributed by atoms with Crippen molar-refractivity contribution >= 4 is 152 Å². The van der Waals surface area contributed by atoms with Gasteiger partial charge in [-0.2, -0.15) is 0 Å². The first-order valence-electron chi connectivity index (χ1n) is 40.0. The molecule has 0 aliphatic heterocycles. The minimum absolute atomic E-state index is 0.650. The summed E-state index contributed by atoms with van der Waals surface area (Å²) in [5, 5.41) is 23.7. The standard InChI is InChI=1S/C43H27N.C38H24N2.C31H21N/c1-26-21-39-36-15-6-7-16-41(36)44-42-20-18-30(25-38(42)40(22-26)43(39)44)28-10-8-9-27(23-28)29-17-19-35-33-13-3-2-11-31(33)32-12-4-5-14-34(32)37(35)24-29;1-24-17-34-32-13-6-7-14-36(32)40-37-16-15-28(23-33(37)35(18-24)38(34)40)26-11-8-12-27(19-26)30-20-29(21-31(22-30)39-2)25-9-4-3-5-10-25;1-20-16-27-25-18-23(21-8-4-2-5-9-21)12-14-29(25)32-30-15-13-24(22-10-6-3-7-11-22)19-26(30)28(17-20)31(27)32/h2-25H,1H3;3-23H,1H3;2-19H,1H3. The molecule has 6 heterocycles. The van der Waals surface area contributed by atoms with Gasteiger partial charge in [-0.25, -0.2) is 4.85 Å². The van der Waals surface area contributed by atoms with E-state index in [9.17, 15) is 0 Å². The monoisotopic (exact) mass is 1470 g/mol. The number of fused-ring (bicyclic) bond motifs is 24. The fourth-order valence-electron chi connectivity index (χ4n) is 19.4. The van der Waals surface area contributed by atoms with E-state index in [1.54, 1.807) is 0 Å². The van der Waals surface area contributed by atoms with Crippen LogP contribution in [-0.2, 0) is 0 Å². The van der Waals surface area contributed by atoms with Crippen LogP contribution < -0.4 is 0 Å². The Morgan fingerprint density at radius 2 is 0.397 bits per heavy atom. The summed E-state index contributed by atoms with van der Waals surface area (Å²) in [5.74, 6) is 0. The minimum atomic E-state index is 0.650. The van der Waals surface area contributed by atoms with Gasteiger partial charge in [0.1, 0.15) is 0 Å². The van der Waals surface area contributed by atoms with Crippen molar-refractivity contribution in [3.63, 3.8) is 0 Å². The summed E-state index contributed by atoms with van der Waals surface area (Å²) in [6, 6.07) is 139. The van der Waals surface area contributed by atoms with E-state index in [1.807, 2.05) is 30.3 Å². The van der Waals surface area contributed by atoms with E-state index in [0.717, 1.165) is 22.3 Å². The zero-order chi connectivity index (χ0) is 77.0. The van der Waals surface area contributed by atoms with Crippen molar-refractivity contribution in [3.05, 3.63) is 410 Å². The van der Waals surface area contributed by atoms with Crippen molar-refractivity contribution in [2.45, 2.75) is 20.8 Å². The molecule has 0 aliphatic carbocycles. The molecule has 0 amide bonds. The molecule has 0 radical (unpaired) electrons. The van der Waals surface area contributed by atoms with Crippen LogP contribution in [0.25, 0.3) is 229 Å². The molecule has 0 N–H and O–H groups in total. The second-order valence-electron chi connectivity index (χ2n) is 31.6. The molecule has 0 bridgehead atoms. The Hall–Kier alpha value is -15.2. The maximum atomic E-state index is 7.69. The summed E-state index contributed by atoms with van der Waals surface area (Å²) in [5.41, 5.74) is 32.8. The highest BCUT2D eigenvalue weighted by molar-refractivity contribution is 6.29. The summed E-state index contributed by atoms with van der Waals surface area (Å²) in [6.07, 6.45) is 0. The van der Waals surface area contributed by atoms with Gasteiger partial charge in [0.15, 0.2) is 5.69 Å². The van der Waals surface area contributed by atoms with Gasteiger partial charge in [-0.3, -0.25) is 0 Å². The highest BCUT2D eigenvalue weighted by Gasteiger charge is 2.24. The number of para-hydroxylation sites is 2. The topological polar surface area (TPSA) is 17.6 Å². The maximum absolute atomic E-state index is 7.69. The largest absolute Gasteiger partial charge is 0.308 e. The Balaban J connectivity index is 0.000000104. The lowest BCUT2D eigenvalue weighted by Crippen LogP contribution is -1.86. The molecule has 0 atom stereocenters. The van der Waals surface area contributed by atoms with Crippen molar-refractivity contribution in [2.24, 2.45) is 0 Å². The Morgan fingerprint density at radius 1 is 0.164 bits per heavy atom. The van der Waals surface area contributed by atoms with Crippen LogP contribution in [0.3, 0.4) is 0 Å². The van der Waals surface area contributed by atoms with Crippen molar-refractivity contribution in [3.8, 4) is 77.9 Å². The quantitative estimate of drug-likeness (QED) is 0.112. The third-order valence-electron chi connectivity index (χ3n) is 24.6. The van der Waals surface area contributed by atoms with Gasteiger partial charge in [0.2, 0.25) is 0 Å². The molecule has 0 saturated carbocycles. The van der Waals surface area contributed by atoms with Crippen LogP contribution in [0, 0.1) is 27.3 Å². The average molecular weight is 1470 g/mol. The smallest absolute Gasteiger partial charge is 0.188 e. The van der Waals surface area contributed by atoms with Crippen molar-refractivity contribution in [1.82, 2.24) is 13.2 Å². The number of nitrogens with zero attached hydrogens (tertiary/aromatic N) is 4. The summed E-state index contributed by atoms with van der Waals surface area (Å²) in [6.45, 7) is 14.3. The lowest BCUT2D eigenvalue weighted by molar-refractivity contribution is 1.37. The van der Waals surface area contributed by atoms with Gasteiger partial charge in [0, 0.05) is 64.6 Å². The van der Waals surface area contributed by atoms with Crippen LogP contribution in [0.1, 0.15) is 16.7 Å². The zero-order valence-corrected chi connectivity index (χ0v) is 64.2. The first-order valence-corrected chi connectivity index (χ1v) is 40.0. The van der Waals surface area contributed by atoms with Gasteiger partial charge < -0.3 is 13.2 Å². The molecular weight excluding hydrogens is 1400 g/mol. The van der Waals surface area contributed by atoms with Gasteiger partial charge in [-0.1, -0.05) is 249 Å². The summed E-state index contributed by atoms with van der Waals surface area (Å²) in [7, 11) is 0. The number of hydrogen-bond acceptors (Lipinski definition) is 0. The van der Waals surface area contributed by atoms with Crippen molar-refractivity contribution in [1.29, 1.82) is 0 Å². The molecule has 0 unspecified atom stereocenters. The molecule has 0 aliphatic rings. The van der Waals surface area contributed by atoms with Gasteiger partial charge in [0.25, 0.3) is 0 Å². The van der Waals surface area contributed by atoms with Crippen LogP contribution in [0.2, 0.25) is 0 Å². The molecule has 0 fully saturated rings. The van der Waals surface area contributed by atoms with E-state index in [1.165, 1.54) is 219 Å². The molecule has 540 valence electrons. The molecule has 6 aromatic heterocycles. The Kier molecular flexibility index (Phi) is 15.1. The van der Waals surface area contributed by atoms with E-state index < -0.39 is 0 Å². The summed E-state index contributed by atoms with van der Waals surface area (Å²) >= 11 is 0. The molecule has 4 nitrogen and oxygen atoms in total. The third kappa shape index (κ3) is 10.5.